The van der Waals surface area contributed by atoms with E-state index < -0.39 is 0 Å². The molecule has 0 saturated carbocycles. The summed E-state index contributed by atoms with van der Waals surface area (Å²) in [6.45, 7) is 2.71. The highest BCUT2D eigenvalue weighted by Crippen LogP contribution is 2.28. The molecule has 1 heterocycles. The van der Waals surface area contributed by atoms with Crippen LogP contribution in [-0.2, 0) is 6.54 Å². The summed E-state index contributed by atoms with van der Waals surface area (Å²) in [7, 11) is 3.27. The van der Waals surface area contributed by atoms with Crippen LogP contribution in [0.2, 0.25) is 0 Å². The second-order valence-corrected chi connectivity index (χ2v) is 5.13. The maximum Gasteiger partial charge on any atom is 0.161 e. The molecule has 5 heteroatoms. The van der Waals surface area contributed by atoms with Crippen LogP contribution >= 0.6 is 15.9 Å². The summed E-state index contributed by atoms with van der Waals surface area (Å²) in [5.74, 6) is 1.47. The van der Waals surface area contributed by atoms with Gasteiger partial charge in [-0.05, 0) is 52.2 Å². The molecule has 0 spiro atoms. The lowest BCUT2D eigenvalue weighted by atomic mass is 10.2. The molecule has 20 heavy (non-hydrogen) atoms. The average Bonchev–Trinajstić information content (AvgIpc) is 2.48. The first-order chi connectivity index (χ1) is 9.63. The monoisotopic (exact) mass is 336 g/mol. The zero-order chi connectivity index (χ0) is 14.5. The van der Waals surface area contributed by atoms with Crippen molar-refractivity contribution in [3.05, 3.63) is 46.2 Å². The zero-order valence-electron chi connectivity index (χ0n) is 11.7. The SMILES string of the molecule is COc1ccc(CNc2cnc(Br)c(C)c2)cc1OC. The van der Waals surface area contributed by atoms with Crippen LogP contribution in [-0.4, -0.2) is 19.2 Å². The minimum Gasteiger partial charge on any atom is -0.493 e. The fourth-order valence-corrected chi connectivity index (χ4v) is 2.07. The van der Waals surface area contributed by atoms with Crippen molar-refractivity contribution in [1.29, 1.82) is 0 Å². The summed E-state index contributed by atoms with van der Waals surface area (Å²) in [6, 6.07) is 7.93. The average molecular weight is 337 g/mol. The first-order valence-corrected chi connectivity index (χ1v) is 7.00. The molecule has 1 aromatic heterocycles. The Morgan fingerprint density at radius 2 is 1.90 bits per heavy atom. The highest BCUT2D eigenvalue weighted by molar-refractivity contribution is 9.10. The van der Waals surface area contributed by atoms with Crippen molar-refractivity contribution in [2.45, 2.75) is 13.5 Å². The van der Waals surface area contributed by atoms with Gasteiger partial charge in [-0.2, -0.15) is 0 Å². The smallest absolute Gasteiger partial charge is 0.161 e. The number of nitrogens with one attached hydrogen (secondary N) is 1. The van der Waals surface area contributed by atoms with Gasteiger partial charge in [0.2, 0.25) is 0 Å². The quantitative estimate of drug-likeness (QED) is 0.844. The molecular formula is C15H17BrN2O2. The Kier molecular flexibility index (Phi) is 4.84. The molecule has 4 nitrogen and oxygen atoms in total. The molecule has 1 aromatic carbocycles. The lowest BCUT2D eigenvalue weighted by Gasteiger charge is -2.11. The first-order valence-electron chi connectivity index (χ1n) is 6.21. The van der Waals surface area contributed by atoms with E-state index in [-0.39, 0.29) is 0 Å². The molecule has 0 atom stereocenters. The number of hydrogen-bond donors (Lipinski definition) is 1. The van der Waals surface area contributed by atoms with E-state index in [2.05, 4.69) is 32.3 Å². The molecule has 0 radical (unpaired) electrons. The van der Waals surface area contributed by atoms with E-state index >= 15 is 0 Å². The van der Waals surface area contributed by atoms with Crippen molar-refractivity contribution in [2.24, 2.45) is 0 Å². The predicted octanol–water partition coefficient (Wildman–Crippen LogP) is 3.78. The third-order valence-corrected chi connectivity index (χ3v) is 3.79. The van der Waals surface area contributed by atoms with Gasteiger partial charge in [-0.25, -0.2) is 4.98 Å². The number of anilines is 1. The maximum atomic E-state index is 5.29. The molecule has 0 amide bonds. The van der Waals surface area contributed by atoms with Crippen LogP contribution in [0.1, 0.15) is 11.1 Å². The second kappa shape index (κ2) is 6.61. The van der Waals surface area contributed by atoms with Gasteiger partial charge >= 0.3 is 0 Å². The summed E-state index contributed by atoms with van der Waals surface area (Å²) in [6.07, 6.45) is 1.80. The number of nitrogens with zero attached hydrogens (tertiary/aromatic N) is 1. The topological polar surface area (TPSA) is 43.4 Å². The van der Waals surface area contributed by atoms with Gasteiger partial charge in [-0.15, -0.1) is 0 Å². The van der Waals surface area contributed by atoms with E-state index in [1.165, 1.54) is 0 Å². The molecule has 2 aromatic rings. The molecule has 0 aliphatic carbocycles. The molecule has 0 unspecified atom stereocenters. The Morgan fingerprint density at radius 1 is 1.15 bits per heavy atom. The van der Waals surface area contributed by atoms with Crippen molar-refractivity contribution < 1.29 is 9.47 Å². The van der Waals surface area contributed by atoms with Crippen LogP contribution in [0, 0.1) is 6.92 Å². The molecule has 0 aliphatic rings. The normalized spacial score (nSPS) is 10.2. The molecule has 1 N–H and O–H groups in total. The van der Waals surface area contributed by atoms with E-state index in [4.69, 9.17) is 9.47 Å². The van der Waals surface area contributed by atoms with E-state index in [0.29, 0.717) is 6.54 Å². The van der Waals surface area contributed by atoms with Gasteiger partial charge in [0.25, 0.3) is 0 Å². The largest absolute Gasteiger partial charge is 0.493 e. The van der Waals surface area contributed by atoms with Gasteiger partial charge in [0, 0.05) is 6.54 Å². The van der Waals surface area contributed by atoms with E-state index in [1.54, 1.807) is 20.4 Å². The highest BCUT2D eigenvalue weighted by Gasteiger charge is 2.05. The third-order valence-electron chi connectivity index (χ3n) is 2.96. The minimum atomic E-state index is 0.698. The lowest BCUT2D eigenvalue weighted by molar-refractivity contribution is 0.354. The minimum absolute atomic E-state index is 0.698. The summed E-state index contributed by atoms with van der Waals surface area (Å²) >= 11 is 3.39. The predicted molar refractivity (Wildman–Crippen MR) is 83.5 cm³/mol. The van der Waals surface area contributed by atoms with Crippen LogP contribution in [0.25, 0.3) is 0 Å². The van der Waals surface area contributed by atoms with E-state index in [9.17, 15) is 0 Å². The maximum absolute atomic E-state index is 5.29. The molecular weight excluding hydrogens is 320 g/mol. The van der Waals surface area contributed by atoms with Gasteiger partial charge in [0.05, 0.1) is 26.1 Å². The van der Waals surface area contributed by atoms with E-state index in [1.807, 2.05) is 25.1 Å². The van der Waals surface area contributed by atoms with Gasteiger partial charge in [0.1, 0.15) is 4.60 Å². The van der Waals surface area contributed by atoms with Crippen molar-refractivity contribution in [3.63, 3.8) is 0 Å². The van der Waals surface area contributed by atoms with Crippen molar-refractivity contribution in [3.8, 4) is 11.5 Å². The number of halogens is 1. The van der Waals surface area contributed by atoms with E-state index in [0.717, 1.165) is 32.9 Å². The third kappa shape index (κ3) is 3.42. The van der Waals surface area contributed by atoms with Gasteiger partial charge in [-0.3, -0.25) is 0 Å². The summed E-state index contributed by atoms with van der Waals surface area (Å²) in [5, 5.41) is 3.34. The second-order valence-electron chi connectivity index (χ2n) is 4.37. The number of aryl methyl sites for hydroxylation is 1. The Hall–Kier alpha value is -1.75. The molecule has 0 fully saturated rings. The van der Waals surface area contributed by atoms with Crippen molar-refractivity contribution in [1.82, 2.24) is 4.98 Å². The van der Waals surface area contributed by atoms with Crippen LogP contribution in [0.4, 0.5) is 5.69 Å². The number of rotatable bonds is 5. The fraction of sp³-hybridized carbons (Fsp3) is 0.267. The number of benzene rings is 1. The lowest BCUT2D eigenvalue weighted by Crippen LogP contribution is -2.01. The van der Waals surface area contributed by atoms with Crippen molar-refractivity contribution >= 4 is 21.6 Å². The van der Waals surface area contributed by atoms with Crippen LogP contribution in [0.3, 0.4) is 0 Å². The summed E-state index contributed by atoms with van der Waals surface area (Å²) < 4.78 is 11.4. The Bertz CT molecular complexity index is 602. The number of pyridine rings is 1. The highest BCUT2D eigenvalue weighted by atomic mass is 79.9. The Morgan fingerprint density at radius 3 is 2.55 bits per heavy atom. The molecule has 0 bridgehead atoms. The Balaban J connectivity index is 2.08. The molecule has 0 saturated heterocycles. The van der Waals surface area contributed by atoms with Crippen molar-refractivity contribution in [2.75, 3.05) is 19.5 Å². The van der Waals surface area contributed by atoms with Crippen LogP contribution in [0.15, 0.2) is 35.1 Å². The number of aromatic nitrogens is 1. The number of hydrogen-bond acceptors (Lipinski definition) is 4. The molecule has 2 rings (SSSR count). The Labute approximate surface area is 127 Å². The van der Waals surface area contributed by atoms with Crippen LogP contribution < -0.4 is 14.8 Å². The van der Waals surface area contributed by atoms with Crippen LogP contribution in [0.5, 0.6) is 11.5 Å². The van der Waals surface area contributed by atoms with Gasteiger partial charge < -0.3 is 14.8 Å². The van der Waals surface area contributed by atoms with Gasteiger partial charge in [-0.1, -0.05) is 6.07 Å². The summed E-state index contributed by atoms with van der Waals surface area (Å²) in [5.41, 5.74) is 3.20. The summed E-state index contributed by atoms with van der Waals surface area (Å²) in [4.78, 5) is 4.26. The number of methoxy groups -OCH3 is 2. The first kappa shape index (κ1) is 14.7. The standard InChI is InChI=1S/C15H17BrN2O2/c1-10-6-12(9-18-15(10)16)17-8-11-4-5-13(19-2)14(7-11)20-3/h4-7,9,17H,8H2,1-3H3. The number of ether oxygens (including phenoxy) is 2. The zero-order valence-corrected chi connectivity index (χ0v) is 13.3. The molecule has 0 aliphatic heterocycles. The van der Waals surface area contributed by atoms with Gasteiger partial charge in [0.15, 0.2) is 11.5 Å². The fourth-order valence-electron chi connectivity index (χ4n) is 1.85. The molecule has 106 valence electrons.